The minimum Gasteiger partial charge on any atom is -0.344 e. The number of carbonyl (C=O) groups excluding carboxylic acids is 2. The second-order valence-electron chi connectivity index (χ2n) is 4.83. The van der Waals surface area contributed by atoms with Gasteiger partial charge >= 0.3 is 0 Å². The Morgan fingerprint density at radius 2 is 2.29 bits per heavy atom. The van der Waals surface area contributed by atoms with Crippen LogP contribution in [0.5, 0.6) is 0 Å². The third-order valence-electron chi connectivity index (χ3n) is 3.35. The first-order valence-electron chi connectivity index (χ1n) is 5.55. The van der Waals surface area contributed by atoms with Crippen LogP contribution in [0.4, 0.5) is 0 Å². The Bertz CT molecular complexity index is 357. The Kier molecular flexibility index (Phi) is 3.18. The molecule has 2 atom stereocenters. The van der Waals surface area contributed by atoms with Crippen molar-refractivity contribution in [3.63, 3.8) is 0 Å². The van der Waals surface area contributed by atoms with Crippen molar-refractivity contribution in [3.05, 3.63) is 12.7 Å². The van der Waals surface area contributed by atoms with Crippen molar-refractivity contribution in [2.75, 3.05) is 0 Å². The highest BCUT2D eigenvalue weighted by molar-refractivity contribution is 7.93. The smallest absolute Gasteiger partial charge is 0.257 e. The summed E-state index contributed by atoms with van der Waals surface area (Å²) in [5.74, 6) is -0.228. The summed E-state index contributed by atoms with van der Waals surface area (Å²) in [7, 11) is 0. The summed E-state index contributed by atoms with van der Waals surface area (Å²) in [5.41, 5.74) is -0.908. The van der Waals surface area contributed by atoms with E-state index in [-0.39, 0.29) is 17.4 Å². The summed E-state index contributed by atoms with van der Waals surface area (Å²) in [4.78, 5) is 22.4. The van der Waals surface area contributed by atoms with E-state index >= 15 is 0 Å². The largest absolute Gasteiger partial charge is 0.344 e. The Morgan fingerprint density at radius 3 is 2.76 bits per heavy atom. The summed E-state index contributed by atoms with van der Waals surface area (Å²) in [5, 5.41) is 2.56. The van der Waals surface area contributed by atoms with E-state index in [1.54, 1.807) is 6.08 Å². The molecule has 2 aliphatic carbocycles. The molecular formula is C11H16N2O3S. The molecule has 0 bridgehead atoms. The van der Waals surface area contributed by atoms with Gasteiger partial charge in [-0.25, -0.2) is 0 Å². The molecule has 2 N–H and O–H groups in total. The molecule has 0 radical (unpaired) electrons. The van der Waals surface area contributed by atoms with Gasteiger partial charge in [0.2, 0.25) is 6.41 Å². The molecule has 0 saturated heterocycles. The second kappa shape index (κ2) is 4.34. The summed E-state index contributed by atoms with van der Waals surface area (Å²) in [6, 6.07) is 0. The highest BCUT2D eigenvalue weighted by atomic mass is 32.2. The molecule has 2 fully saturated rings. The van der Waals surface area contributed by atoms with E-state index in [1.807, 2.05) is 6.92 Å². The van der Waals surface area contributed by atoms with Crippen LogP contribution in [0.1, 0.15) is 26.2 Å². The van der Waals surface area contributed by atoms with Crippen LogP contribution in [-0.4, -0.2) is 23.5 Å². The third kappa shape index (κ3) is 2.47. The molecule has 0 aliphatic heterocycles. The molecule has 2 rings (SSSR count). The average Bonchev–Trinajstić information content (AvgIpc) is 3.18. The van der Waals surface area contributed by atoms with Crippen LogP contribution in [0, 0.1) is 5.92 Å². The van der Waals surface area contributed by atoms with Crippen molar-refractivity contribution >= 4 is 24.5 Å². The number of rotatable bonds is 7. The predicted octanol–water partition coefficient (Wildman–Crippen LogP) is 0.926. The molecule has 0 spiro atoms. The van der Waals surface area contributed by atoms with Crippen LogP contribution in [0.25, 0.3) is 0 Å². The Hall–Kier alpha value is -1.01. The summed E-state index contributed by atoms with van der Waals surface area (Å²) in [6.45, 7) is 5.63. The van der Waals surface area contributed by atoms with Crippen molar-refractivity contribution in [2.45, 2.75) is 37.3 Å². The predicted molar refractivity (Wildman–Crippen MR) is 64.7 cm³/mol. The lowest BCUT2D eigenvalue weighted by atomic mass is 10.2. The van der Waals surface area contributed by atoms with Crippen LogP contribution in [0.15, 0.2) is 12.7 Å². The Labute approximate surface area is 105 Å². The van der Waals surface area contributed by atoms with Gasteiger partial charge in [0.05, 0.1) is 5.60 Å². The monoisotopic (exact) mass is 256 g/mol. The van der Waals surface area contributed by atoms with Crippen molar-refractivity contribution in [1.29, 1.82) is 0 Å². The molecule has 2 saturated carbocycles. The van der Waals surface area contributed by atoms with E-state index in [9.17, 15) is 9.59 Å². The van der Waals surface area contributed by atoms with Gasteiger partial charge < -0.3 is 5.32 Å². The van der Waals surface area contributed by atoms with Gasteiger partial charge in [-0.05, 0) is 26.2 Å². The fourth-order valence-electron chi connectivity index (χ4n) is 1.68. The van der Waals surface area contributed by atoms with Crippen molar-refractivity contribution in [2.24, 2.45) is 5.92 Å². The van der Waals surface area contributed by atoms with Crippen LogP contribution in [-0.2, 0) is 13.8 Å². The summed E-state index contributed by atoms with van der Waals surface area (Å²) in [6.07, 6.45) is 4.87. The van der Waals surface area contributed by atoms with Gasteiger partial charge in [-0.3, -0.25) is 18.5 Å². The SMILES string of the molecule is C=CC1CC1(NC=O)C(=O)NSOC1(C)CC1. The molecule has 0 aromatic heterocycles. The molecule has 2 unspecified atom stereocenters. The van der Waals surface area contributed by atoms with Crippen molar-refractivity contribution in [3.8, 4) is 0 Å². The number of hydrogen-bond acceptors (Lipinski definition) is 4. The van der Waals surface area contributed by atoms with Crippen LogP contribution < -0.4 is 10.0 Å². The van der Waals surface area contributed by atoms with Crippen molar-refractivity contribution in [1.82, 2.24) is 10.0 Å². The first kappa shape index (κ1) is 12.4. The molecule has 0 aromatic rings. The van der Waals surface area contributed by atoms with E-state index in [0.717, 1.165) is 25.1 Å². The van der Waals surface area contributed by atoms with E-state index in [4.69, 9.17) is 4.18 Å². The summed E-state index contributed by atoms with van der Waals surface area (Å²) >= 11 is 0.946. The minimum absolute atomic E-state index is 0.00446. The lowest BCUT2D eigenvalue weighted by Crippen LogP contribution is -2.45. The molecule has 5 nitrogen and oxygen atoms in total. The van der Waals surface area contributed by atoms with E-state index < -0.39 is 5.54 Å². The van der Waals surface area contributed by atoms with Gasteiger partial charge in [-0.2, -0.15) is 0 Å². The maximum absolute atomic E-state index is 11.9. The van der Waals surface area contributed by atoms with Gasteiger partial charge in [-0.15, -0.1) is 6.58 Å². The number of hydrogen-bond donors (Lipinski definition) is 2. The van der Waals surface area contributed by atoms with Gasteiger partial charge in [0.15, 0.2) is 0 Å². The van der Waals surface area contributed by atoms with Gasteiger partial charge in [0.25, 0.3) is 5.91 Å². The highest BCUT2D eigenvalue weighted by Crippen LogP contribution is 2.45. The Balaban J connectivity index is 1.81. The summed E-state index contributed by atoms with van der Waals surface area (Å²) < 4.78 is 8.04. The highest BCUT2D eigenvalue weighted by Gasteiger charge is 2.58. The second-order valence-corrected chi connectivity index (χ2v) is 5.37. The first-order valence-corrected chi connectivity index (χ1v) is 6.29. The molecule has 17 heavy (non-hydrogen) atoms. The van der Waals surface area contributed by atoms with Gasteiger partial charge in [0.1, 0.15) is 17.8 Å². The normalized spacial score (nSPS) is 32.4. The van der Waals surface area contributed by atoms with Gasteiger partial charge in [0, 0.05) is 5.92 Å². The number of carbonyl (C=O) groups is 2. The average molecular weight is 256 g/mol. The lowest BCUT2D eigenvalue weighted by Gasteiger charge is -2.15. The fraction of sp³-hybridized carbons (Fsp3) is 0.636. The van der Waals surface area contributed by atoms with Crippen molar-refractivity contribution < 1.29 is 13.8 Å². The fourth-order valence-corrected chi connectivity index (χ4v) is 2.35. The van der Waals surface area contributed by atoms with E-state index in [2.05, 4.69) is 16.6 Å². The maximum Gasteiger partial charge on any atom is 0.257 e. The molecule has 6 heteroatoms. The van der Waals surface area contributed by atoms with E-state index in [0.29, 0.717) is 12.8 Å². The van der Waals surface area contributed by atoms with E-state index in [1.165, 1.54) is 0 Å². The topological polar surface area (TPSA) is 67.4 Å². The van der Waals surface area contributed by atoms with Gasteiger partial charge in [-0.1, -0.05) is 6.08 Å². The zero-order chi connectivity index (χ0) is 12.5. The zero-order valence-electron chi connectivity index (χ0n) is 9.69. The minimum atomic E-state index is -0.815. The molecule has 0 heterocycles. The first-order chi connectivity index (χ1) is 8.06. The molecule has 2 amide bonds. The lowest BCUT2D eigenvalue weighted by molar-refractivity contribution is -0.125. The number of amides is 2. The zero-order valence-corrected chi connectivity index (χ0v) is 10.5. The molecule has 0 aromatic carbocycles. The molecular weight excluding hydrogens is 240 g/mol. The maximum atomic E-state index is 11.9. The van der Waals surface area contributed by atoms with Crippen LogP contribution >= 0.6 is 12.2 Å². The van der Waals surface area contributed by atoms with Crippen LogP contribution in [0.3, 0.4) is 0 Å². The quantitative estimate of drug-likeness (QED) is 0.308. The third-order valence-corrected chi connectivity index (χ3v) is 4.11. The standard InChI is InChI=1S/C11H16N2O3S/c1-3-8-6-11(8,12-7-14)9(15)13-17-16-10(2)4-5-10/h3,7-8H,1,4-6H2,2H3,(H,12,14)(H,13,15). The number of nitrogens with one attached hydrogen (secondary N) is 2. The Morgan fingerprint density at radius 1 is 1.59 bits per heavy atom. The molecule has 94 valence electrons. The van der Waals surface area contributed by atoms with Crippen LogP contribution in [0.2, 0.25) is 0 Å². The molecule has 2 aliphatic rings.